The first kappa shape index (κ1) is 11.7. The molecule has 1 aromatic carbocycles. The summed E-state index contributed by atoms with van der Waals surface area (Å²) in [5, 5.41) is 5.85. The molecule has 1 aliphatic heterocycles. The van der Waals surface area contributed by atoms with Crippen molar-refractivity contribution in [3.63, 3.8) is 0 Å². The van der Waals surface area contributed by atoms with E-state index in [4.69, 9.17) is 0 Å². The third-order valence-electron chi connectivity index (χ3n) is 3.24. The van der Waals surface area contributed by atoms with Gasteiger partial charge in [-0.15, -0.1) is 11.3 Å². The van der Waals surface area contributed by atoms with E-state index in [-0.39, 0.29) is 0 Å². The maximum Gasteiger partial charge on any atom is 0.0458 e. The minimum absolute atomic E-state index is 0.513. The Kier molecular flexibility index (Phi) is 3.49. The summed E-state index contributed by atoms with van der Waals surface area (Å²) < 4.78 is 1.31. The number of nitrogens with one attached hydrogen (secondary N) is 1. The van der Waals surface area contributed by atoms with Crippen molar-refractivity contribution in [3.05, 3.63) is 55.3 Å². The van der Waals surface area contributed by atoms with Gasteiger partial charge in [0.05, 0.1) is 0 Å². The van der Waals surface area contributed by atoms with Crippen molar-refractivity contribution in [1.82, 2.24) is 5.32 Å². The molecule has 0 amide bonds. The number of fused-ring (bicyclic) bond motifs is 1. The van der Waals surface area contributed by atoms with Gasteiger partial charge >= 0.3 is 0 Å². The highest BCUT2D eigenvalue weighted by molar-refractivity contribution is 14.1. The fourth-order valence-electron chi connectivity index (χ4n) is 2.35. The molecule has 17 heavy (non-hydrogen) atoms. The Labute approximate surface area is 119 Å². The summed E-state index contributed by atoms with van der Waals surface area (Å²) in [5.41, 5.74) is 2.97. The summed E-state index contributed by atoms with van der Waals surface area (Å²) in [5.74, 6) is 0. The first-order chi connectivity index (χ1) is 8.33. The van der Waals surface area contributed by atoms with Crippen LogP contribution in [0.3, 0.4) is 0 Å². The van der Waals surface area contributed by atoms with Gasteiger partial charge < -0.3 is 5.32 Å². The normalized spacial score (nSPS) is 19.0. The van der Waals surface area contributed by atoms with Gasteiger partial charge in [-0.2, -0.15) is 0 Å². The van der Waals surface area contributed by atoms with Gasteiger partial charge in [0.2, 0.25) is 0 Å². The van der Waals surface area contributed by atoms with Crippen LogP contribution in [0.5, 0.6) is 0 Å². The Balaban J connectivity index is 1.81. The Hall–Kier alpha value is -0.390. The highest BCUT2D eigenvalue weighted by Gasteiger charge is 2.20. The highest BCUT2D eigenvalue weighted by Crippen LogP contribution is 2.30. The van der Waals surface area contributed by atoms with Crippen molar-refractivity contribution in [2.24, 2.45) is 0 Å². The van der Waals surface area contributed by atoms with Crippen LogP contribution >= 0.6 is 33.9 Å². The maximum absolute atomic E-state index is 3.63. The fraction of sp³-hybridized carbons (Fsp3) is 0.286. The molecule has 1 unspecified atom stereocenters. The Bertz CT molecular complexity index is 503. The van der Waals surface area contributed by atoms with E-state index in [2.05, 4.69) is 63.6 Å². The van der Waals surface area contributed by atoms with Gasteiger partial charge in [-0.25, -0.2) is 0 Å². The molecule has 1 atom stereocenters. The maximum atomic E-state index is 3.63. The van der Waals surface area contributed by atoms with E-state index in [0.717, 1.165) is 13.0 Å². The van der Waals surface area contributed by atoms with E-state index in [1.54, 1.807) is 5.56 Å². The molecular weight excluding hydrogens is 341 g/mol. The standard InChI is InChI=1S/C14H14INS/c15-12-3-1-10(2-4-12)9-13-14-11(5-7-16-13)6-8-17-14/h1-4,6,8,13,16H,5,7,9H2. The highest BCUT2D eigenvalue weighted by atomic mass is 127. The lowest BCUT2D eigenvalue weighted by Gasteiger charge is -2.24. The first-order valence-corrected chi connectivity index (χ1v) is 7.83. The molecule has 0 bridgehead atoms. The van der Waals surface area contributed by atoms with Crippen molar-refractivity contribution in [2.75, 3.05) is 6.54 Å². The largest absolute Gasteiger partial charge is 0.309 e. The molecule has 0 spiro atoms. The lowest BCUT2D eigenvalue weighted by Crippen LogP contribution is -2.29. The fourth-order valence-corrected chi connectivity index (χ4v) is 3.75. The quantitative estimate of drug-likeness (QED) is 0.809. The average molecular weight is 355 g/mol. The van der Waals surface area contributed by atoms with Crippen LogP contribution in [-0.4, -0.2) is 6.54 Å². The molecule has 0 fully saturated rings. The number of hydrogen-bond donors (Lipinski definition) is 1. The van der Waals surface area contributed by atoms with Crippen molar-refractivity contribution in [2.45, 2.75) is 18.9 Å². The molecule has 3 heteroatoms. The summed E-state index contributed by atoms with van der Waals surface area (Å²) in [6.07, 6.45) is 2.28. The first-order valence-electron chi connectivity index (χ1n) is 5.87. The van der Waals surface area contributed by atoms with Crippen LogP contribution < -0.4 is 5.32 Å². The minimum atomic E-state index is 0.513. The van der Waals surface area contributed by atoms with Crippen molar-refractivity contribution in [1.29, 1.82) is 0 Å². The van der Waals surface area contributed by atoms with Gasteiger partial charge in [0.1, 0.15) is 0 Å². The van der Waals surface area contributed by atoms with E-state index in [9.17, 15) is 0 Å². The number of halogens is 1. The molecule has 88 valence electrons. The van der Waals surface area contributed by atoms with Crippen molar-refractivity contribution in [3.8, 4) is 0 Å². The van der Waals surface area contributed by atoms with E-state index in [0.29, 0.717) is 6.04 Å². The van der Waals surface area contributed by atoms with Crippen LogP contribution in [0.4, 0.5) is 0 Å². The van der Waals surface area contributed by atoms with Crippen LogP contribution in [0.2, 0.25) is 0 Å². The van der Waals surface area contributed by atoms with Gasteiger partial charge in [0.15, 0.2) is 0 Å². The van der Waals surface area contributed by atoms with Gasteiger partial charge in [0, 0.05) is 14.5 Å². The van der Waals surface area contributed by atoms with Gasteiger partial charge in [-0.3, -0.25) is 0 Å². The predicted molar refractivity (Wildman–Crippen MR) is 81.6 cm³/mol. The predicted octanol–water partition coefficient (Wildman–Crippen LogP) is 3.78. The smallest absolute Gasteiger partial charge is 0.0458 e. The molecule has 1 aromatic heterocycles. The van der Waals surface area contributed by atoms with Gasteiger partial charge in [0.25, 0.3) is 0 Å². The van der Waals surface area contributed by atoms with Gasteiger partial charge in [-0.1, -0.05) is 12.1 Å². The third kappa shape index (κ3) is 2.56. The molecule has 1 N–H and O–H groups in total. The summed E-state index contributed by atoms with van der Waals surface area (Å²) >= 11 is 4.24. The summed E-state index contributed by atoms with van der Waals surface area (Å²) in [6.45, 7) is 1.11. The van der Waals surface area contributed by atoms with Crippen LogP contribution in [0, 0.1) is 3.57 Å². The number of rotatable bonds is 2. The van der Waals surface area contributed by atoms with Crippen molar-refractivity contribution >= 4 is 33.9 Å². The van der Waals surface area contributed by atoms with Crippen molar-refractivity contribution < 1.29 is 0 Å². The number of benzene rings is 1. The summed E-state index contributed by atoms with van der Waals surface area (Å²) in [6, 6.07) is 11.7. The number of hydrogen-bond acceptors (Lipinski definition) is 2. The molecule has 0 saturated carbocycles. The van der Waals surface area contributed by atoms with Crippen LogP contribution in [0.15, 0.2) is 35.7 Å². The molecular formula is C14H14INS. The lowest BCUT2D eigenvalue weighted by atomic mass is 9.98. The van der Waals surface area contributed by atoms with Crippen LogP contribution in [-0.2, 0) is 12.8 Å². The van der Waals surface area contributed by atoms with Crippen LogP contribution in [0.1, 0.15) is 22.0 Å². The molecule has 1 nitrogen and oxygen atoms in total. The molecule has 0 radical (unpaired) electrons. The average Bonchev–Trinajstić information content (AvgIpc) is 2.81. The second-order valence-corrected chi connectivity index (χ2v) is 6.59. The lowest BCUT2D eigenvalue weighted by molar-refractivity contribution is 0.512. The SMILES string of the molecule is Ic1ccc(CC2NCCc3ccsc32)cc1. The topological polar surface area (TPSA) is 12.0 Å². The van der Waals surface area contributed by atoms with E-state index < -0.39 is 0 Å². The summed E-state index contributed by atoms with van der Waals surface area (Å²) in [7, 11) is 0. The molecule has 0 aliphatic carbocycles. The zero-order chi connectivity index (χ0) is 11.7. The third-order valence-corrected chi connectivity index (χ3v) is 5.03. The summed E-state index contributed by atoms with van der Waals surface area (Å²) in [4.78, 5) is 1.54. The Morgan fingerprint density at radius 3 is 2.88 bits per heavy atom. The molecule has 1 aliphatic rings. The Morgan fingerprint density at radius 1 is 1.24 bits per heavy atom. The molecule has 2 heterocycles. The molecule has 2 aromatic rings. The molecule has 0 saturated heterocycles. The van der Waals surface area contributed by atoms with E-state index >= 15 is 0 Å². The zero-order valence-corrected chi connectivity index (χ0v) is 12.4. The van der Waals surface area contributed by atoms with Gasteiger partial charge in [-0.05, 0) is 76.7 Å². The second-order valence-electron chi connectivity index (χ2n) is 4.40. The van der Waals surface area contributed by atoms with E-state index in [1.165, 1.54) is 20.4 Å². The van der Waals surface area contributed by atoms with E-state index in [1.807, 2.05) is 11.3 Å². The monoisotopic (exact) mass is 355 g/mol. The minimum Gasteiger partial charge on any atom is -0.309 e. The van der Waals surface area contributed by atoms with Crippen LogP contribution in [0.25, 0.3) is 0 Å². The number of thiophene rings is 1. The zero-order valence-electron chi connectivity index (χ0n) is 9.45. The molecule has 3 rings (SSSR count). The second kappa shape index (κ2) is 5.08. The Morgan fingerprint density at radius 2 is 2.06 bits per heavy atom.